The number of rotatable bonds is 4. The molecule has 0 aromatic heterocycles. The molecule has 1 saturated heterocycles. The second-order valence-electron chi connectivity index (χ2n) is 6.76. The standard InChI is InChI=1S/C14H27NO5S/c1-11(20-21(5,17)18)10-12-6-8-15(9-7-12)13(16)19-14(2,3)4/h11-12H,6-10H2,1-5H3. The Morgan fingerprint density at radius 1 is 1.29 bits per heavy atom. The molecule has 1 atom stereocenters. The smallest absolute Gasteiger partial charge is 0.410 e. The van der Waals surface area contributed by atoms with Gasteiger partial charge in [0, 0.05) is 13.1 Å². The Kier molecular flexibility index (Phi) is 6.04. The fourth-order valence-corrected chi connectivity index (χ4v) is 3.16. The fourth-order valence-electron chi connectivity index (χ4n) is 2.48. The summed E-state index contributed by atoms with van der Waals surface area (Å²) in [5.74, 6) is 0.375. The van der Waals surface area contributed by atoms with Gasteiger partial charge >= 0.3 is 6.09 Å². The van der Waals surface area contributed by atoms with Crippen LogP contribution < -0.4 is 0 Å². The average molecular weight is 321 g/mol. The maximum atomic E-state index is 11.9. The van der Waals surface area contributed by atoms with Crippen LogP contribution in [0.5, 0.6) is 0 Å². The van der Waals surface area contributed by atoms with Crippen LogP contribution in [0.2, 0.25) is 0 Å². The summed E-state index contributed by atoms with van der Waals surface area (Å²) in [6.45, 7) is 8.60. The molecule has 1 unspecified atom stereocenters. The van der Waals surface area contributed by atoms with Gasteiger partial charge in [-0.2, -0.15) is 8.42 Å². The minimum atomic E-state index is -3.40. The van der Waals surface area contributed by atoms with Gasteiger partial charge in [-0.15, -0.1) is 0 Å². The Labute approximate surface area is 127 Å². The van der Waals surface area contributed by atoms with Crippen molar-refractivity contribution in [3.05, 3.63) is 0 Å². The number of nitrogens with zero attached hydrogens (tertiary/aromatic N) is 1. The monoisotopic (exact) mass is 321 g/mol. The van der Waals surface area contributed by atoms with Crippen molar-refractivity contribution < 1.29 is 22.1 Å². The number of amides is 1. The molecular formula is C14H27NO5S. The first-order chi connectivity index (χ1) is 9.46. The van der Waals surface area contributed by atoms with E-state index < -0.39 is 15.7 Å². The first kappa shape index (κ1) is 18.2. The second kappa shape index (κ2) is 6.96. The molecule has 1 heterocycles. The summed E-state index contributed by atoms with van der Waals surface area (Å²) in [6.07, 6.45) is 2.84. The lowest BCUT2D eigenvalue weighted by molar-refractivity contribution is 0.0170. The van der Waals surface area contributed by atoms with Crippen LogP contribution in [0, 0.1) is 5.92 Å². The zero-order valence-electron chi connectivity index (χ0n) is 13.6. The molecule has 0 aromatic rings. The van der Waals surface area contributed by atoms with Gasteiger partial charge in [-0.1, -0.05) is 0 Å². The third kappa shape index (κ3) is 7.66. The Bertz CT molecular complexity index is 446. The maximum absolute atomic E-state index is 11.9. The van der Waals surface area contributed by atoms with Crippen molar-refractivity contribution >= 4 is 16.2 Å². The van der Waals surface area contributed by atoms with Gasteiger partial charge in [0.15, 0.2) is 0 Å². The molecule has 1 aliphatic rings. The summed E-state index contributed by atoms with van der Waals surface area (Å²) < 4.78 is 32.4. The predicted molar refractivity (Wildman–Crippen MR) is 80.5 cm³/mol. The first-order valence-electron chi connectivity index (χ1n) is 7.32. The molecule has 0 aromatic carbocycles. The summed E-state index contributed by atoms with van der Waals surface area (Å²) in [5, 5.41) is 0. The van der Waals surface area contributed by atoms with Crippen LogP contribution in [-0.4, -0.2) is 50.5 Å². The lowest BCUT2D eigenvalue weighted by atomic mass is 9.92. The quantitative estimate of drug-likeness (QED) is 0.743. The normalized spacial score (nSPS) is 19.4. The molecule has 1 aliphatic heterocycles. The highest BCUT2D eigenvalue weighted by Gasteiger charge is 2.28. The molecule has 0 spiro atoms. The maximum Gasteiger partial charge on any atom is 0.410 e. The lowest BCUT2D eigenvalue weighted by Crippen LogP contribution is -2.42. The van der Waals surface area contributed by atoms with Crippen molar-refractivity contribution in [3.63, 3.8) is 0 Å². The van der Waals surface area contributed by atoms with Crippen molar-refractivity contribution in [2.45, 2.75) is 58.7 Å². The number of likely N-dealkylation sites (tertiary alicyclic amines) is 1. The molecule has 0 aliphatic carbocycles. The minimum absolute atomic E-state index is 0.276. The van der Waals surface area contributed by atoms with Crippen molar-refractivity contribution in [2.24, 2.45) is 5.92 Å². The molecule has 124 valence electrons. The Balaban J connectivity index is 2.37. The van der Waals surface area contributed by atoms with Gasteiger partial charge in [-0.25, -0.2) is 4.79 Å². The molecule has 0 bridgehead atoms. The van der Waals surface area contributed by atoms with Gasteiger partial charge in [0.2, 0.25) is 0 Å². The SMILES string of the molecule is CC(CC1CCN(C(=O)OC(C)(C)C)CC1)OS(C)(=O)=O. The molecular weight excluding hydrogens is 294 g/mol. The number of hydrogen-bond acceptors (Lipinski definition) is 5. The third-order valence-corrected chi connectivity index (χ3v) is 3.95. The van der Waals surface area contributed by atoms with E-state index in [9.17, 15) is 13.2 Å². The average Bonchev–Trinajstić information content (AvgIpc) is 2.24. The van der Waals surface area contributed by atoms with Gasteiger partial charge < -0.3 is 9.64 Å². The van der Waals surface area contributed by atoms with Gasteiger partial charge in [-0.05, 0) is 52.9 Å². The first-order valence-corrected chi connectivity index (χ1v) is 9.14. The number of carbonyl (C=O) groups excluding carboxylic acids is 1. The highest BCUT2D eigenvalue weighted by molar-refractivity contribution is 7.86. The van der Waals surface area contributed by atoms with E-state index in [2.05, 4.69) is 0 Å². The second-order valence-corrected chi connectivity index (χ2v) is 8.36. The minimum Gasteiger partial charge on any atom is -0.444 e. The highest BCUT2D eigenvalue weighted by Crippen LogP contribution is 2.24. The van der Waals surface area contributed by atoms with Crippen LogP contribution in [0.15, 0.2) is 0 Å². The van der Waals surface area contributed by atoms with E-state index in [1.165, 1.54) is 0 Å². The molecule has 1 amide bonds. The Morgan fingerprint density at radius 2 is 1.81 bits per heavy atom. The van der Waals surface area contributed by atoms with E-state index >= 15 is 0 Å². The fraction of sp³-hybridized carbons (Fsp3) is 0.929. The van der Waals surface area contributed by atoms with Crippen LogP contribution in [-0.2, 0) is 19.0 Å². The summed E-state index contributed by atoms with van der Waals surface area (Å²) in [5.41, 5.74) is -0.480. The summed E-state index contributed by atoms with van der Waals surface area (Å²) >= 11 is 0. The van der Waals surface area contributed by atoms with Gasteiger partial charge in [-0.3, -0.25) is 4.18 Å². The van der Waals surface area contributed by atoms with Crippen LogP contribution >= 0.6 is 0 Å². The van der Waals surface area contributed by atoms with Crippen LogP contribution in [0.4, 0.5) is 4.79 Å². The molecule has 6 nitrogen and oxygen atoms in total. The van der Waals surface area contributed by atoms with E-state index in [0.717, 1.165) is 19.1 Å². The Morgan fingerprint density at radius 3 is 2.24 bits per heavy atom. The highest BCUT2D eigenvalue weighted by atomic mass is 32.2. The lowest BCUT2D eigenvalue weighted by Gasteiger charge is -2.34. The van der Waals surface area contributed by atoms with E-state index in [-0.39, 0.29) is 12.2 Å². The van der Waals surface area contributed by atoms with Crippen LogP contribution in [0.3, 0.4) is 0 Å². The van der Waals surface area contributed by atoms with E-state index in [4.69, 9.17) is 8.92 Å². The number of hydrogen-bond donors (Lipinski definition) is 0. The van der Waals surface area contributed by atoms with Gasteiger partial charge in [0.05, 0.1) is 12.4 Å². The van der Waals surface area contributed by atoms with Gasteiger partial charge in [0.25, 0.3) is 10.1 Å². The molecule has 0 N–H and O–H groups in total. The molecule has 0 radical (unpaired) electrons. The van der Waals surface area contributed by atoms with E-state index in [0.29, 0.717) is 25.4 Å². The molecule has 1 rings (SSSR count). The van der Waals surface area contributed by atoms with Crippen molar-refractivity contribution in [1.82, 2.24) is 4.90 Å². The molecule has 7 heteroatoms. The summed E-state index contributed by atoms with van der Waals surface area (Å²) in [4.78, 5) is 13.6. The van der Waals surface area contributed by atoms with Crippen LogP contribution in [0.1, 0.15) is 47.0 Å². The van der Waals surface area contributed by atoms with E-state index in [1.807, 2.05) is 20.8 Å². The Hall–Kier alpha value is -0.820. The molecule has 1 fully saturated rings. The summed E-state index contributed by atoms with van der Waals surface area (Å²) in [6, 6.07) is 0. The van der Waals surface area contributed by atoms with Crippen molar-refractivity contribution in [1.29, 1.82) is 0 Å². The number of carbonyl (C=O) groups is 1. The van der Waals surface area contributed by atoms with Gasteiger partial charge in [0.1, 0.15) is 5.60 Å². The number of piperidine rings is 1. The van der Waals surface area contributed by atoms with Crippen molar-refractivity contribution in [2.75, 3.05) is 19.3 Å². The van der Waals surface area contributed by atoms with E-state index in [1.54, 1.807) is 11.8 Å². The molecule has 0 saturated carbocycles. The molecule has 21 heavy (non-hydrogen) atoms. The zero-order chi connectivity index (χ0) is 16.3. The topological polar surface area (TPSA) is 72.9 Å². The third-order valence-electron chi connectivity index (χ3n) is 3.27. The number of ether oxygens (including phenoxy) is 1. The summed E-state index contributed by atoms with van der Waals surface area (Å²) in [7, 11) is -3.40. The van der Waals surface area contributed by atoms with Crippen LogP contribution in [0.25, 0.3) is 0 Å². The predicted octanol–water partition coefficient (Wildman–Crippen LogP) is 2.39. The largest absolute Gasteiger partial charge is 0.444 e. The van der Waals surface area contributed by atoms with Crippen molar-refractivity contribution in [3.8, 4) is 0 Å². The zero-order valence-corrected chi connectivity index (χ0v) is 14.4.